The minimum absolute atomic E-state index is 0.0465. The summed E-state index contributed by atoms with van der Waals surface area (Å²) in [6.07, 6.45) is 8.10. The Labute approximate surface area is 161 Å². The van der Waals surface area contributed by atoms with Crippen molar-refractivity contribution in [1.82, 2.24) is 34.7 Å². The lowest BCUT2D eigenvalue weighted by atomic mass is 9.85. The average Bonchev–Trinajstić information content (AvgIpc) is 3.27. The van der Waals surface area contributed by atoms with Crippen molar-refractivity contribution in [3.63, 3.8) is 0 Å². The Bertz CT molecular complexity index is 753. The fourth-order valence-corrected chi connectivity index (χ4v) is 4.08. The molecule has 0 aliphatic carbocycles. The van der Waals surface area contributed by atoms with Crippen molar-refractivity contribution in [1.29, 1.82) is 0 Å². The maximum atomic E-state index is 12.6. The van der Waals surface area contributed by atoms with Gasteiger partial charge in [0.05, 0.1) is 18.4 Å². The number of hydrogen-bond donors (Lipinski definition) is 1. The fourth-order valence-electron chi connectivity index (χ4n) is 4.08. The maximum Gasteiger partial charge on any atom is 0.317 e. The van der Waals surface area contributed by atoms with E-state index in [0.29, 0.717) is 18.5 Å². The number of hydrogen-bond acceptors (Lipinski definition) is 4. The number of urea groups is 1. The number of aryl methyl sites for hydroxylation is 2. The van der Waals surface area contributed by atoms with Gasteiger partial charge in [-0.3, -0.25) is 14.3 Å². The molecule has 1 fully saturated rings. The molecule has 2 aromatic rings. The van der Waals surface area contributed by atoms with Gasteiger partial charge < -0.3 is 10.2 Å². The molecule has 0 aromatic carbocycles. The molecule has 148 valence electrons. The predicted octanol–water partition coefficient (Wildman–Crippen LogP) is 1.77. The molecule has 1 aliphatic rings. The molecule has 2 aromatic heterocycles. The molecule has 1 N–H and O–H groups in total. The summed E-state index contributed by atoms with van der Waals surface area (Å²) in [5, 5.41) is 11.5. The van der Waals surface area contributed by atoms with Gasteiger partial charge in [0.15, 0.2) is 0 Å². The summed E-state index contributed by atoms with van der Waals surface area (Å²) < 4.78 is 3.64. The Hall–Kier alpha value is -2.35. The number of carbonyl (C=O) groups excluding carboxylic acids is 1. The monoisotopic (exact) mass is 373 g/mol. The van der Waals surface area contributed by atoms with Crippen molar-refractivity contribution in [3.05, 3.63) is 35.9 Å². The highest BCUT2D eigenvalue weighted by atomic mass is 16.2. The van der Waals surface area contributed by atoms with Crippen LogP contribution in [0.4, 0.5) is 4.79 Å². The van der Waals surface area contributed by atoms with E-state index in [1.54, 1.807) is 10.9 Å². The Morgan fingerprint density at radius 1 is 1.37 bits per heavy atom. The van der Waals surface area contributed by atoms with Crippen LogP contribution >= 0.6 is 0 Å². The molecule has 8 nitrogen and oxygen atoms in total. The number of rotatable bonds is 6. The third kappa shape index (κ3) is 4.50. The molecule has 27 heavy (non-hydrogen) atoms. The van der Waals surface area contributed by atoms with Gasteiger partial charge in [-0.1, -0.05) is 6.92 Å². The van der Waals surface area contributed by atoms with Crippen LogP contribution in [0.5, 0.6) is 0 Å². The van der Waals surface area contributed by atoms with Crippen LogP contribution in [0.15, 0.2) is 24.7 Å². The first-order valence-electron chi connectivity index (χ1n) is 9.68. The summed E-state index contributed by atoms with van der Waals surface area (Å²) in [7, 11) is 5.71. The number of likely N-dealkylation sites (tertiary alicyclic amines) is 1. The maximum absolute atomic E-state index is 12.6. The molecule has 0 bridgehead atoms. The van der Waals surface area contributed by atoms with E-state index in [0.717, 1.165) is 31.7 Å². The van der Waals surface area contributed by atoms with Gasteiger partial charge >= 0.3 is 6.03 Å². The molecule has 2 amide bonds. The molecule has 1 aliphatic heterocycles. The minimum Gasteiger partial charge on any atom is -0.332 e. The van der Waals surface area contributed by atoms with Gasteiger partial charge in [0, 0.05) is 51.7 Å². The molecular weight excluding hydrogens is 342 g/mol. The number of aromatic nitrogens is 4. The van der Waals surface area contributed by atoms with Gasteiger partial charge in [-0.2, -0.15) is 10.2 Å². The van der Waals surface area contributed by atoms with E-state index in [1.807, 2.05) is 43.0 Å². The van der Waals surface area contributed by atoms with Crippen molar-refractivity contribution in [2.45, 2.75) is 32.4 Å². The summed E-state index contributed by atoms with van der Waals surface area (Å²) in [5.41, 5.74) is 2.23. The molecule has 0 spiro atoms. The molecular formula is C19H31N7O. The molecule has 8 heteroatoms. The van der Waals surface area contributed by atoms with E-state index in [1.165, 1.54) is 12.0 Å². The zero-order valence-corrected chi connectivity index (χ0v) is 16.8. The minimum atomic E-state index is -0.0465. The second kappa shape index (κ2) is 8.56. The Kier molecular flexibility index (Phi) is 6.15. The first kappa shape index (κ1) is 19.4. The summed E-state index contributed by atoms with van der Waals surface area (Å²) in [6.45, 7) is 5.52. The summed E-state index contributed by atoms with van der Waals surface area (Å²) in [4.78, 5) is 16.9. The van der Waals surface area contributed by atoms with E-state index in [9.17, 15) is 4.79 Å². The van der Waals surface area contributed by atoms with Gasteiger partial charge in [0.2, 0.25) is 0 Å². The molecule has 3 rings (SSSR count). The van der Waals surface area contributed by atoms with Gasteiger partial charge in [0.1, 0.15) is 0 Å². The quantitative estimate of drug-likeness (QED) is 0.838. The zero-order valence-electron chi connectivity index (χ0n) is 16.8. The lowest BCUT2D eigenvalue weighted by molar-refractivity contribution is 0.0813. The van der Waals surface area contributed by atoms with Crippen molar-refractivity contribution < 1.29 is 4.79 Å². The third-order valence-corrected chi connectivity index (χ3v) is 5.53. The number of nitrogens with zero attached hydrogens (tertiary/aromatic N) is 6. The van der Waals surface area contributed by atoms with Crippen molar-refractivity contribution in [2.24, 2.45) is 20.0 Å². The van der Waals surface area contributed by atoms with Crippen LogP contribution in [0.2, 0.25) is 0 Å². The third-order valence-electron chi connectivity index (χ3n) is 5.53. The Morgan fingerprint density at radius 2 is 2.19 bits per heavy atom. The van der Waals surface area contributed by atoms with Crippen LogP contribution in [-0.4, -0.2) is 62.1 Å². The van der Waals surface area contributed by atoms with Crippen LogP contribution in [0.25, 0.3) is 0 Å². The highest BCUT2D eigenvalue weighted by Crippen LogP contribution is 2.36. The first-order valence-corrected chi connectivity index (χ1v) is 9.68. The first-order chi connectivity index (χ1) is 13.0. The molecule has 0 radical (unpaired) electrons. The molecule has 1 saturated heterocycles. The Balaban J connectivity index is 1.64. The highest BCUT2D eigenvalue weighted by molar-refractivity contribution is 5.73. The second-order valence-corrected chi connectivity index (χ2v) is 7.41. The number of amides is 2. The van der Waals surface area contributed by atoms with Crippen molar-refractivity contribution in [2.75, 3.05) is 26.7 Å². The second-order valence-electron chi connectivity index (χ2n) is 7.41. The van der Waals surface area contributed by atoms with Crippen LogP contribution in [0.1, 0.15) is 37.1 Å². The molecule has 2 atom stereocenters. The summed E-state index contributed by atoms with van der Waals surface area (Å²) in [6, 6.07) is 2.18. The van der Waals surface area contributed by atoms with Crippen LogP contribution in [-0.2, 0) is 20.6 Å². The fraction of sp³-hybridized carbons (Fsp3) is 0.632. The predicted molar refractivity (Wildman–Crippen MR) is 104 cm³/mol. The lowest BCUT2D eigenvalue weighted by Crippen LogP contribution is -2.46. The van der Waals surface area contributed by atoms with E-state index in [4.69, 9.17) is 0 Å². The topological polar surface area (TPSA) is 71.2 Å². The SMILES string of the molecule is CCN1CCC[C@@H](CN(C)C(=O)NCc2ccnn2C)[C@@H]1c1cnn(C)c1. The molecule has 3 heterocycles. The van der Waals surface area contributed by atoms with E-state index in [-0.39, 0.29) is 6.03 Å². The van der Waals surface area contributed by atoms with Crippen molar-refractivity contribution >= 4 is 6.03 Å². The van der Waals surface area contributed by atoms with Gasteiger partial charge in [-0.15, -0.1) is 0 Å². The number of piperidine rings is 1. The van der Waals surface area contributed by atoms with Gasteiger partial charge in [-0.05, 0) is 37.9 Å². The summed E-state index contributed by atoms with van der Waals surface area (Å²) in [5.74, 6) is 0.398. The van der Waals surface area contributed by atoms with Crippen LogP contribution in [0, 0.1) is 5.92 Å². The smallest absolute Gasteiger partial charge is 0.317 e. The average molecular weight is 374 g/mol. The molecule has 0 saturated carbocycles. The standard InChI is InChI=1S/C19H31N7O/c1-5-26-10-6-7-15(18(26)16-11-22-24(3)14-16)13-23(2)19(27)20-12-17-8-9-21-25(17)4/h8-9,11,14-15,18H,5-7,10,12-13H2,1-4H3,(H,20,27)/t15-,18+/m0/s1. The van der Waals surface area contributed by atoms with E-state index >= 15 is 0 Å². The molecule has 0 unspecified atom stereocenters. The van der Waals surface area contributed by atoms with E-state index < -0.39 is 0 Å². The largest absolute Gasteiger partial charge is 0.332 e. The van der Waals surface area contributed by atoms with Gasteiger partial charge in [-0.25, -0.2) is 4.79 Å². The Morgan fingerprint density at radius 3 is 2.81 bits per heavy atom. The number of nitrogens with one attached hydrogen (secondary N) is 1. The van der Waals surface area contributed by atoms with E-state index in [2.05, 4.69) is 33.5 Å². The number of carbonyl (C=O) groups is 1. The lowest BCUT2D eigenvalue weighted by Gasteiger charge is -2.42. The normalized spacial score (nSPS) is 20.6. The zero-order chi connectivity index (χ0) is 19.4. The van der Waals surface area contributed by atoms with Crippen molar-refractivity contribution in [3.8, 4) is 0 Å². The van der Waals surface area contributed by atoms with Gasteiger partial charge in [0.25, 0.3) is 0 Å². The summed E-state index contributed by atoms with van der Waals surface area (Å²) >= 11 is 0. The van der Waals surface area contributed by atoms with Crippen LogP contribution < -0.4 is 5.32 Å². The highest BCUT2D eigenvalue weighted by Gasteiger charge is 2.33. The van der Waals surface area contributed by atoms with Crippen LogP contribution in [0.3, 0.4) is 0 Å².